The van der Waals surface area contributed by atoms with Crippen LogP contribution < -0.4 is 5.73 Å². The number of phenols is 1. The minimum Gasteiger partial charge on any atom is -0.507 e. The van der Waals surface area contributed by atoms with Gasteiger partial charge in [0.15, 0.2) is 0 Å². The molecule has 1 unspecified atom stereocenters. The SMILES string of the molecule is CC.Cn1cc(CC(N)C(=O)O)c2c(O)cccc21. The molecule has 4 N–H and O–H groups in total. The molecule has 0 fully saturated rings. The minimum absolute atomic E-state index is 0.149. The maximum absolute atomic E-state index is 10.7. The van der Waals surface area contributed by atoms with E-state index in [1.165, 1.54) is 0 Å². The molecule has 19 heavy (non-hydrogen) atoms. The molecule has 0 radical (unpaired) electrons. The van der Waals surface area contributed by atoms with Gasteiger partial charge in [0.2, 0.25) is 0 Å². The van der Waals surface area contributed by atoms with E-state index in [0.29, 0.717) is 5.39 Å². The standard InChI is InChI=1S/C12H14N2O3.C2H6/c1-14-6-7(5-8(13)12(16)17)11-9(14)3-2-4-10(11)15;1-2/h2-4,6,8,15H,5,13H2,1H3,(H,16,17);1-2H3. The molecule has 0 aliphatic rings. The van der Waals surface area contributed by atoms with Gasteiger partial charge in [-0.2, -0.15) is 0 Å². The van der Waals surface area contributed by atoms with Crippen LogP contribution >= 0.6 is 0 Å². The first kappa shape index (κ1) is 15.0. The molecule has 0 bridgehead atoms. The number of carboxylic acid groups (broad SMARTS) is 1. The van der Waals surface area contributed by atoms with Gasteiger partial charge in [-0.25, -0.2) is 0 Å². The molecule has 5 heteroatoms. The fraction of sp³-hybridized carbons (Fsp3) is 0.357. The average Bonchev–Trinajstić information content (AvgIpc) is 2.70. The summed E-state index contributed by atoms with van der Waals surface area (Å²) in [5, 5.41) is 19.3. The lowest BCUT2D eigenvalue weighted by atomic mass is 10.1. The monoisotopic (exact) mass is 264 g/mol. The smallest absolute Gasteiger partial charge is 0.320 e. The van der Waals surface area contributed by atoms with Gasteiger partial charge in [0, 0.05) is 25.1 Å². The number of benzene rings is 1. The Morgan fingerprint density at radius 1 is 1.42 bits per heavy atom. The van der Waals surface area contributed by atoms with Gasteiger partial charge in [0.25, 0.3) is 0 Å². The van der Waals surface area contributed by atoms with Crippen LogP contribution in [0.4, 0.5) is 0 Å². The summed E-state index contributed by atoms with van der Waals surface area (Å²) in [6, 6.07) is 4.24. The van der Waals surface area contributed by atoms with Crippen molar-refractivity contribution in [3.63, 3.8) is 0 Å². The summed E-state index contributed by atoms with van der Waals surface area (Å²) in [6.07, 6.45) is 2.00. The summed E-state index contributed by atoms with van der Waals surface area (Å²) >= 11 is 0. The number of carboxylic acids is 1. The van der Waals surface area contributed by atoms with Crippen molar-refractivity contribution in [1.82, 2.24) is 4.57 Å². The van der Waals surface area contributed by atoms with Crippen LogP contribution in [0.15, 0.2) is 24.4 Å². The molecule has 2 aromatic rings. The lowest BCUT2D eigenvalue weighted by molar-refractivity contribution is -0.138. The second-order valence-corrected chi connectivity index (χ2v) is 4.09. The normalized spacial score (nSPS) is 11.8. The predicted molar refractivity (Wildman–Crippen MR) is 75.2 cm³/mol. The molecule has 1 atom stereocenters. The molecule has 0 saturated heterocycles. The van der Waals surface area contributed by atoms with Gasteiger partial charge in [0.05, 0.1) is 5.52 Å². The number of rotatable bonds is 3. The average molecular weight is 264 g/mol. The van der Waals surface area contributed by atoms with Gasteiger partial charge < -0.3 is 20.5 Å². The van der Waals surface area contributed by atoms with Crippen LogP contribution in [-0.2, 0) is 18.3 Å². The van der Waals surface area contributed by atoms with Crippen molar-refractivity contribution in [3.05, 3.63) is 30.0 Å². The molecule has 5 nitrogen and oxygen atoms in total. The Bertz CT molecular complexity index is 575. The molecule has 2 rings (SSSR count). The lowest BCUT2D eigenvalue weighted by Gasteiger charge is -2.05. The van der Waals surface area contributed by atoms with E-state index in [1.807, 2.05) is 31.5 Å². The summed E-state index contributed by atoms with van der Waals surface area (Å²) in [4.78, 5) is 10.7. The number of hydrogen-bond donors (Lipinski definition) is 3. The van der Waals surface area contributed by atoms with Crippen LogP contribution in [-0.4, -0.2) is 26.8 Å². The van der Waals surface area contributed by atoms with Crippen molar-refractivity contribution in [2.45, 2.75) is 26.3 Å². The Labute approximate surface area is 112 Å². The second-order valence-electron chi connectivity index (χ2n) is 4.09. The van der Waals surface area contributed by atoms with Crippen LogP contribution in [0.5, 0.6) is 5.75 Å². The highest BCUT2D eigenvalue weighted by molar-refractivity contribution is 5.90. The number of phenolic OH excluding ortho intramolecular Hbond substituents is 1. The van der Waals surface area contributed by atoms with Gasteiger partial charge in [-0.15, -0.1) is 0 Å². The first-order valence-electron chi connectivity index (χ1n) is 6.25. The van der Waals surface area contributed by atoms with Crippen molar-refractivity contribution in [1.29, 1.82) is 0 Å². The fourth-order valence-electron chi connectivity index (χ4n) is 2.00. The third-order valence-electron chi connectivity index (χ3n) is 2.83. The molecular weight excluding hydrogens is 244 g/mol. The molecule has 0 aliphatic carbocycles. The molecule has 104 valence electrons. The van der Waals surface area contributed by atoms with Crippen LogP contribution in [0, 0.1) is 0 Å². The Morgan fingerprint density at radius 2 is 2.05 bits per heavy atom. The Balaban J connectivity index is 0.000000861. The summed E-state index contributed by atoms with van der Waals surface area (Å²) in [5.41, 5.74) is 7.11. The molecule has 1 aromatic heterocycles. The molecule has 0 aliphatic heterocycles. The quantitative estimate of drug-likeness (QED) is 0.789. The summed E-state index contributed by atoms with van der Waals surface area (Å²) in [5.74, 6) is -0.895. The molecule has 1 aromatic carbocycles. The summed E-state index contributed by atoms with van der Waals surface area (Å²) in [7, 11) is 1.84. The molecular formula is C14H20N2O3. The Morgan fingerprint density at radius 3 is 2.63 bits per heavy atom. The third kappa shape index (κ3) is 3.06. The number of fused-ring (bicyclic) bond motifs is 1. The molecule has 0 amide bonds. The zero-order chi connectivity index (χ0) is 14.6. The number of aromatic hydroxyl groups is 1. The van der Waals surface area contributed by atoms with Gasteiger partial charge in [-0.1, -0.05) is 19.9 Å². The summed E-state index contributed by atoms with van der Waals surface area (Å²) in [6.45, 7) is 4.00. The molecule has 0 saturated carbocycles. The van der Waals surface area contributed by atoms with Crippen molar-refractivity contribution < 1.29 is 15.0 Å². The first-order chi connectivity index (χ1) is 9.00. The Hall–Kier alpha value is -2.01. The summed E-state index contributed by atoms with van der Waals surface area (Å²) < 4.78 is 1.85. The molecule has 0 spiro atoms. The van der Waals surface area contributed by atoms with Crippen molar-refractivity contribution in [2.24, 2.45) is 12.8 Å². The van der Waals surface area contributed by atoms with Crippen LogP contribution in [0.1, 0.15) is 19.4 Å². The number of aliphatic carboxylic acids is 1. The number of carbonyl (C=O) groups is 1. The van der Waals surface area contributed by atoms with Gasteiger partial charge >= 0.3 is 5.97 Å². The van der Waals surface area contributed by atoms with E-state index in [0.717, 1.165) is 11.1 Å². The van der Waals surface area contributed by atoms with E-state index in [9.17, 15) is 9.90 Å². The van der Waals surface area contributed by atoms with Crippen molar-refractivity contribution in [2.75, 3.05) is 0 Å². The van der Waals surface area contributed by atoms with Gasteiger partial charge in [-0.3, -0.25) is 4.79 Å². The zero-order valence-electron chi connectivity index (χ0n) is 11.4. The van der Waals surface area contributed by atoms with E-state index in [1.54, 1.807) is 18.3 Å². The number of aromatic nitrogens is 1. The largest absolute Gasteiger partial charge is 0.507 e. The Kier molecular flexibility index (Phi) is 4.94. The maximum atomic E-state index is 10.7. The van der Waals surface area contributed by atoms with Gasteiger partial charge in [0.1, 0.15) is 11.8 Å². The minimum atomic E-state index is -1.04. The second kappa shape index (κ2) is 6.24. The topological polar surface area (TPSA) is 88.5 Å². The highest BCUT2D eigenvalue weighted by atomic mass is 16.4. The van der Waals surface area contributed by atoms with Crippen LogP contribution in [0.2, 0.25) is 0 Å². The van der Waals surface area contributed by atoms with Crippen LogP contribution in [0.3, 0.4) is 0 Å². The van der Waals surface area contributed by atoms with E-state index in [-0.39, 0.29) is 12.2 Å². The molecule has 1 heterocycles. The first-order valence-corrected chi connectivity index (χ1v) is 6.25. The van der Waals surface area contributed by atoms with Crippen LogP contribution in [0.25, 0.3) is 10.9 Å². The highest BCUT2D eigenvalue weighted by Crippen LogP contribution is 2.29. The van der Waals surface area contributed by atoms with E-state index >= 15 is 0 Å². The van der Waals surface area contributed by atoms with Crippen molar-refractivity contribution in [3.8, 4) is 5.75 Å². The zero-order valence-corrected chi connectivity index (χ0v) is 11.4. The lowest BCUT2D eigenvalue weighted by Crippen LogP contribution is -2.32. The van der Waals surface area contributed by atoms with E-state index in [4.69, 9.17) is 10.8 Å². The fourth-order valence-corrected chi connectivity index (χ4v) is 2.00. The highest BCUT2D eigenvalue weighted by Gasteiger charge is 2.17. The van der Waals surface area contributed by atoms with E-state index in [2.05, 4.69) is 0 Å². The number of hydrogen-bond acceptors (Lipinski definition) is 3. The predicted octanol–water partition coefficient (Wildman–Crippen LogP) is 1.86. The van der Waals surface area contributed by atoms with E-state index < -0.39 is 12.0 Å². The van der Waals surface area contributed by atoms with Crippen molar-refractivity contribution >= 4 is 16.9 Å². The number of aryl methyl sites for hydroxylation is 1. The maximum Gasteiger partial charge on any atom is 0.320 e. The third-order valence-corrected chi connectivity index (χ3v) is 2.83. The number of nitrogens with two attached hydrogens (primary N) is 1. The number of nitrogens with zero attached hydrogens (tertiary/aromatic N) is 1. The van der Waals surface area contributed by atoms with Gasteiger partial charge in [-0.05, 0) is 17.7 Å².